The second kappa shape index (κ2) is 12.0. The van der Waals surface area contributed by atoms with Gasteiger partial charge in [0.15, 0.2) is 0 Å². The van der Waals surface area contributed by atoms with Crippen LogP contribution in [0.3, 0.4) is 0 Å². The predicted octanol–water partition coefficient (Wildman–Crippen LogP) is 4.95. The fourth-order valence-electron chi connectivity index (χ4n) is 1.57. The molecule has 0 heterocycles. The summed E-state index contributed by atoms with van der Waals surface area (Å²) in [7, 11) is 0. The van der Waals surface area contributed by atoms with Crippen molar-refractivity contribution >= 4 is 0 Å². The summed E-state index contributed by atoms with van der Waals surface area (Å²) < 4.78 is 0. The zero-order valence-corrected chi connectivity index (χ0v) is 9.36. The van der Waals surface area contributed by atoms with E-state index < -0.39 is 0 Å². The Bertz CT molecular complexity index is 66.1. The van der Waals surface area contributed by atoms with Crippen molar-refractivity contribution < 1.29 is 0 Å². The van der Waals surface area contributed by atoms with Crippen molar-refractivity contribution in [3.8, 4) is 0 Å². The first kappa shape index (κ1) is 13.0. The van der Waals surface area contributed by atoms with Gasteiger partial charge < -0.3 is 0 Å². The van der Waals surface area contributed by atoms with E-state index in [2.05, 4.69) is 20.3 Å². The molecule has 0 saturated carbocycles. The molecule has 0 aromatic heterocycles. The topological polar surface area (TPSA) is 0 Å². The highest BCUT2D eigenvalue weighted by Gasteiger charge is 1.91. The van der Waals surface area contributed by atoms with Crippen LogP contribution in [0.2, 0.25) is 0 Å². The van der Waals surface area contributed by atoms with E-state index in [9.17, 15) is 0 Å². The lowest BCUT2D eigenvalue weighted by Crippen LogP contribution is -1.81. The molecule has 0 aromatic rings. The van der Waals surface area contributed by atoms with Crippen LogP contribution in [0.1, 0.15) is 71.1 Å². The molecule has 2 radical (unpaired) electrons. The molecule has 0 unspecified atom stereocenters. The highest BCUT2D eigenvalue weighted by Crippen LogP contribution is 2.10. The van der Waals surface area contributed by atoms with Gasteiger partial charge in [0.05, 0.1) is 0 Å². The van der Waals surface area contributed by atoms with E-state index in [-0.39, 0.29) is 0 Å². The van der Waals surface area contributed by atoms with E-state index >= 15 is 0 Å². The number of hydrogen-bond donors (Lipinski definition) is 0. The fraction of sp³-hybridized carbons (Fsp3) is 0.846. The van der Waals surface area contributed by atoms with Crippen LogP contribution in [0, 0.1) is 13.3 Å². The molecule has 0 N–H and O–H groups in total. The lowest BCUT2D eigenvalue weighted by molar-refractivity contribution is 0.573. The van der Waals surface area contributed by atoms with Gasteiger partial charge in [-0.2, -0.15) is 0 Å². The number of rotatable bonds is 10. The minimum Gasteiger partial charge on any atom is -0.0654 e. The first-order valence-corrected chi connectivity index (χ1v) is 6.02. The third kappa shape index (κ3) is 12.0. The Hall–Kier alpha value is 0. The van der Waals surface area contributed by atoms with E-state index in [0.29, 0.717) is 0 Å². The maximum Gasteiger partial charge on any atom is -0.0386 e. The van der Waals surface area contributed by atoms with E-state index in [1.54, 1.807) is 0 Å². The van der Waals surface area contributed by atoms with Crippen molar-refractivity contribution in [2.24, 2.45) is 0 Å². The van der Waals surface area contributed by atoms with Gasteiger partial charge in [0, 0.05) is 0 Å². The molecule has 0 bridgehead atoms. The Balaban J connectivity index is 2.76. The summed E-state index contributed by atoms with van der Waals surface area (Å²) >= 11 is 0. The molecule has 0 aromatic carbocycles. The molecule has 0 aliphatic heterocycles. The summed E-state index contributed by atoms with van der Waals surface area (Å²) in [6.07, 6.45) is 15.9. The molecule has 0 fully saturated rings. The molecule has 0 heteroatoms. The minimum absolute atomic E-state index is 0.997. The molecule has 0 amide bonds. The van der Waals surface area contributed by atoms with Gasteiger partial charge in [-0.05, 0) is 6.42 Å². The lowest BCUT2D eigenvalue weighted by Gasteiger charge is -2.00. The smallest absolute Gasteiger partial charge is 0.0386 e. The van der Waals surface area contributed by atoms with E-state index in [1.807, 2.05) is 0 Å². The van der Waals surface area contributed by atoms with Crippen LogP contribution in [-0.2, 0) is 0 Å². The van der Waals surface area contributed by atoms with Crippen LogP contribution in [0.5, 0.6) is 0 Å². The van der Waals surface area contributed by atoms with Crippen molar-refractivity contribution in [3.05, 3.63) is 13.3 Å². The van der Waals surface area contributed by atoms with Gasteiger partial charge >= 0.3 is 0 Å². The summed E-state index contributed by atoms with van der Waals surface area (Å²) in [6, 6.07) is 0. The van der Waals surface area contributed by atoms with Gasteiger partial charge in [0.2, 0.25) is 0 Å². The van der Waals surface area contributed by atoms with Crippen LogP contribution in [0.25, 0.3) is 0 Å². The average Bonchev–Trinajstić information content (AvgIpc) is 2.16. The molecule has 0 aliphatic rings. The second-order valence-corrected chi connectivity index (χ2v) is 3.84. The summed E-state index contributed by atoms with van der Waals surface area (Å²) in [6.45, 7) is 6.07. The van der Waals surface area contributed by atoms with Gasteiger partial charge in [-0.3, -0.25) is 0 Å². The van der Waals surface area contributed by atoms with Crippen molar-refractivity contribution in [1.29, 1.82) is 0 Å². The molecule has 13 heavy (non-hydrogen) atoms. The Morgan fingerprint density at radius 2 is 1.38 bits per heavy atom. The van der Waals surface area contributed by atoms with E-state index in [1.165, 1.54) is 57.8 Å². The van der Waals surface area contributed by atoms with Crippen LogP contribution in [0.4, 0.5) is 0 Å². The molecular weight excluding hydrogens is 156 g/mol. The molecular formula is C13H26. The first-order valence-electron chi connectivity index (χ1n) is 6.02. The molecule has 0 aliphatic carbocycles. The van der Waals surface area contributed by atoms with Crippen LogP contribution in [0.15, 0.2) is 0 Å². The molecule has 0 rings (SSSR count). The third-order valence-electron chi connectivity index (χ3n) is 2.47. The maximum atomic E-state index is 3.80. The summed E-state index contributed by atoms with van der Waals surface area (Å²) in [5.74, 6) is 0. The van der Waals surface area contributed by atoms with Gasteiger partial charge in [-0.1, -0.05) is 78.1 Å². The van der Waals surface area contributed by atoms with Crippen LogP contribution < -0.4 is 0 Å². The Kier molecular flexibility index (Phi) is 12.0. The first-order chi connectivity index (χ1) is 6.41. The normalized spacial score (nSPS) is 10.6. The van der Waals surface area contributed by atoms with Gasteiger partial charge in [-0.25, -0.2) is 0 Å². The Morgan fingerprint density at radius 1 is 0.846 bits per heavy atom. The monoisotopic (exact) mass is 182 g/mol. The number of hydrogen-bond acceptors (Lipinski definition) is 0. The minimum atomic E-state index is 0.997. The van der Waals surface area contributed by atoms with Crippen molar-refractivity contribution in [3.63, 3.8) is 0 Å². The maximum absolute atomic E-state index is 3.80. The fourth-order valence-corrected chi connectivity index (χ4v) is 1.57. The van der Waals surface area contributed by atoms with Gasteiger partial charge in [0.25, 0.3) is 0 Å². The van der Waals surface area contributed by atoms with Crippen LogP contribution >= 0.6 is 0 Å². The van der Waals surface area contributed by atoms with Gasteiger partial charge in [-0.15, -0.1) is 0 Å². The van der Waals surface area contributed by atoms with Crippen molar-refractivity contribution in [2.45, 2.75) is 71.1 Å². The van der Waals surface area contributed by atoms with Crippen molar-refractivity contribution in [1.82, 2.24) is 0 Å². The van der Waals surface area contributed by atoms with E-state index in [4.69, 9.17) is 0 Å². The Labute approximate surface area is 85.1 Å². The quantitative estimate of drug-likeness (QED) is 0.419. The summed E-state index contributed by atoms with van der Waals surface area (Å²) in [4.78, 5) is 0. The molecule has 0 spiro atoms. The van der Waals surface area contributed by atoms with Crippen molar-refractivity contribution in [2.75, 3.05) is 0 Å². The SMILES string of the molecule is [CH2]C[CH]CCCCCCCCCC. The standard InChI is InChI=1S/C13H26/c1-3-5-7-9-11-13-12-10-8-6-4-2/h5H,1,3-4,6-13H2,2H3. The number of unbranched alkanes of at least 4 members (excludes halogenated alkanes) is 10. The second-order valence-electron chi connectivity index (χ2n) is 3.84. The van der Waals surface area contributed by atoms with Gasteiger partial charge in [0.1, 0.15) is 0 Å². The zero-order chi connectivity index (χ0) is 9.78. The molecule has 78 valence electrons. The molecule has 0 atom stereocenters. The third-order valence-corrected chi connectivity index (χ3v) is 2.47. The van der Waals surface area contributed by atoms with Crippen LogP contribution in [-0.4, -0.2) is 0 Å². The predicted molar refractivity (Wildman–Crippen MR) is 61.5 cm³/mol. The largest absolute Gasteiger partial charge is 0.0654 e. The zero-order valence-electron chi connectivity index (χ0n) is 9.36. The molecule has 0 saturated heterocycles. The molecule has 0 nitrogen and oxygen atoms in total. The summed E-state index contributed by atoms with van der Waals surface area (Å²) in [5.41, 5.74) is 0. The average molecular weight is 182 g/mol. The Morgan fingerprint density at radius 3 is 1.92 bits per heavy atom. The lowest BCUT2D eigenvalue weighted by atomic mass is 10.1. The summed E-state index contributed by atoms with van der Waals surface area (Å²) in [5, 5.41) is 0. The highest BCUT2D eigenvalue weighted by molar-refractivity contribution is 4.64. The van der Waals surface area contributed by atoms with E-state index in [0.717, 1.165) is 6.42 Å². The highest BCUT2D eigenvalue weighted by atomic mass is 14.0.